The van der Waals surface area contributed by atoms with Crippen LogP contribution < -0.4 is 0 Å². The van der Waals surface area contributed by atoms with Crippen LogP contribution in [0, 0.1) is 0 Å². The van der Waals surface area contributed by atoms with Crippen molar-refractivity contribution in [2.24, 2.45) is 0 Å². The molecule has 1 N–H and O–H groups in total. The summed E-state index contributed by atoms with van der Waals surface area (Å²) in [7, 11) is 0. The van der Waals surface area contributed by atoms with Gasteiger partial charge in [0.25, 0.3) is 0 Å². The molecular formula is C11H9ClN2O2. The third kappa shape index (κ3) is 2.28. The molecule has 0 saturated heterocycles. The number of carboxylic acids is 1. The van der Waals surface area contributed by atoms with E-state index in [0.29, 0.717) is 11.4 Å². The maximum absolute atomic E-state index is 10.5. The molecule has 0 spiro atoms. The summed E-state index contributed by atoms with van der Waals surface area (Å²) in [6.07, 6.45) is 1.88. The van der Waals surface area contributed by atoms with Gasteiger partial charge in [-0.1, -0.05) is 11.6 Å². The molecule has 4 nitrogen and oxygen atoms in total. The number of hydrogen-bond donors (Lipinski definition) is 1. The van der Waals surface area contributed by atoms with Crippen LogP contribution in [0.2, 0.25) is 5.02 Å². The van der Waals surface area contributed by atoms with Crippen LogP contribution in [0.5, 0.6) is 0 Å². The van der Waals surface area contributed by atoms with Crippen LogP contribution >= 0.6 is 11.6 Å². The van der Waals surface area contributed by atoms with Crippen molar-refractivity contribution in [3.63, 3.8) is 0 Å². The summed E-state index contributed by atoms with van der Waals surface area (Å²) in [6.45, 7) is 0. The molecule has 82 valence electrons. The second-order valence-corrected chi connectivity index (χ2v) is 3.81. The minimum atomic E-state index is -0.839. The van der Waals surface area contributed by atoms with Gasteiger partial charge >= 0.3 is 5.97 Å². The molecule has 5 heteroatoms. The standard InChI is InChI=1S/C11H9ClN2O2/c12-7-1-2-9-8(5-7)10(14-6-13-9)3-4-11(15)16/h1-2,5-6H,3-4H2,(H,15,16). The van der Waals surface area contributed by atoms with Crippen molar-refractivity contribution in [1.29, 1.82) is 0 Å². The molecule has 0 atom stereocenters. The summed E-state index contributed by atoms with van der Waals surface area (Å²) in [5, 5.41) is 10.0. The van der Waals surface area contributed by atoms with Gasteiger partial charge in [-0.3, -0.25) is 4.79 Å². The number of carboxylic acid groups (broad SMARTS) is 1. The first-order valence-corrected chi connectivity index (χ1v) is 5.15. The van der Waals surface area contributed by atoms with Gasteiger partial charge in [0.1, 0.15) is 6.33 Å². The zero-order chi connectivity index (χ0) is 11.5. The van der Waals surface area contributed by atoms with Gasteiger partial charge in [0.2, 0.25) is 0 Å². The number of benzene rings is 1. The average molecular weight is 237 g/mol. The summed E-state index contributed by atoms with van der Waals surface area (Å²) in [5.74, 6) is -0.839. The Morgan fingerprint density at radius 3 is 2.94 bits per heavy atom. The van der Waals surface area contributed by atoms with Crippen LogP contribution in [-0.2, 0) is 11.2 Å². The minimum absolute atomic E-state index is 0.0542. The van der Waals surface area contributed by atoms with Crippen LogP contribution in [-0.4, -0.2) is 21.0 Å². The molecule has 2 rings (SSSR count). The fourth-order valence-corrected chi connectivity index (χ4v) is 1.68. The Morgan fingerprint density at radius 1 is 1.38 bits per heavy atom. The van der Waals surface area contributed by atoms with E-state index in [1.54, 1.807) is 18.2 Å². The van der Waals surface area contributed by atoms with E-state index in [4.69, 9.17) is 16.7 Å². The normalized spacial score (nSPS) is 10.6. The molecule has 16 heavy (non-hydrogen) atoms. The molecule has 2 aromatic rings. The van der Waals surface area contributed by atoms with Crippen molar-refractivity contribution in [2.75, 3.05) is 0 Å². The fourth-order valence-electron chi connectivity index (χ4n) is 1.51. The fraction of sp³-hybridized carbons (Fsp3) is 0.182. The highest BCUT2D eigenvalue weighted by Gasteiger charge is 2.06. The number of carbonyl (C=O) groups is 1. The van der Waals surface area contributed by atoms with Crippen LogP contribution in [0.25, 0.3) is 10.9 Å². The van der Waals surface area contributed by atoms with Gasteiger partial charge < -0.3 is 5.11 Å². The van der Waals surface area contributed by atoms with Crippen molar-refractivity contribution >= 4 is 28.5 Å². The van der Waals surface area contributed by atoms with Gasteiger partial charge in [0.05, 0.1) is 17.6 Å². The van der Waals surface area contributed by atoms with Crippen molar-refractivity contribution < 1.29 is 9.90 Å². The summed E-state index contributed by atoms with van der Waals surface area (Å²) in [4.78, 5) is 18.7. The quantitative estimate of drug-likeness (QED) is 0.888. The Morgan fingerprint density at radius 2 is 2.19 bits per heavy atom. The predicted molar refractivity (Wildman–Crippen MR) is 60.5 cm³/mol. The van der Waals surface area contributed by atoms with Crippen LogP contribution in [0.1, 0.15) is 12.1 Å². The molecule has 0 saturated carbocycles. The molecule has 0 amide bonds. The van der Waals surface area contributed by atoms with Gasteiger partial charge in [-0.15, -0.1) is 0 Å². The molecule has 0 aliphatic rings. The van der Waals surface area contributed by atoms with Crippen LogP contribution in [0.4, 0.5) is 0 Å². The van der Waals surface area contributed by atoms with E-state index in [1.807, 2.05) is 0 Å². The van der Waals surface area contributed by atoms with Gasteiger partial charge in [-0.2, -0.15) is 0 Å². The number of halogens is 1. The largest absolute Gasteiger partial charge is 0.481 e. The van der Waals surface area contributed by atoms with E-state index in [9.17, 15) is 4.79 Å². The van der Waals surface area contributed by atoms with E-state index in [1.165, 1.54) is 6.33 Å². The maximum atomic E-state index is 10.5. The van der Waals surface area contributed by atoms with Gasteiger partial charge in [-0.25, -0.2) is 9.97 Å². The molecular weight excluding hydrogens is 228 g/mol. The molecule has 1 heterocycles. The highest BCUT2D eigenvalue weighted by atomic mass is 35.5. The monoisotopic (exact) mass is 236 g/mol. The van der Waals surface area contributed by atoms with Crippen molar-refractivity contribution in [3.8, 4) is 0 Å². The highest BCUT2D eigenvalue weighted by molar-refractivity contribution is 6.31. The first-order valence-electron chi connectivity index (χ1n) is 4.78. The lowest BCUT2D eigenvalue weighted by Crippen LogP contribution is -2.00. The second-order valence-electron chi connectivity index (χ2n) is 3.38. The van der Waals surface area contributed by atoms with Gasteiger partial charge in [0.15, 0.2) is 0 Å². The summed E-state index contributed by atoms with van der Waals surface area (Å²) in [6, 6.07) is 5.30. The molecule has 0 aliphatic carbocycles. The number of rotatable bonds is 3. The number of aliphatic carboxylic acids is 1. The molecule has 0 unspecified atom stereocenters. The number of hydrogen-bond acceptors (Lipinski definition) is 3. The minimum Gasteiger partial charge on any atom is -0.481 e. The van der Waals surface area contributed by atoms with E-state index < -0.39 is 5.97 Å². The lowest BCUT2D eigenvalue weighted by Gasteiger charge is -2.03. The van der Waals surface area contributed by atoms with E-state index in [-0.39, 0.29) is 6.42 Å². The van der Waals surface area contributed by atoms with Gasteiger partial charge in [0, 0.05) is 16.8 Å². The first-order chi connectivity index (χ1) is 7.66. The SMILES string of the molecule is O=C(O)CCc1ncnc2ccc(Cl)cc12. The Bertz CT molecular complexity index is 542. The third-order valence-electron chi connectivity index (χ3n) is 2.26. The Kier molecular flexibility index (Phi) is 3.01. The van der Waals surface area contributed by atoms with Crippen LogP contribution in [0.3, 0.4) is 0 Å². The molecule has 1 aromatic heterocycles. The third-order valence-corrected chi connectivity index (χ3v) is 2.49. The Hall–Kier alpha value is -1.68. The lowest BCUT2D eigenvalue weighted by molar-refractivity contribution is -0.136. The van der Waals surface area contributed by atoms with E-state index >= 15 is 0 Å². The number of aromatic nitrogens is 2. The summed E-state index contributed by atoms with van der Waals surface area (Å²) >= 11 is 5.88. The first kappa shape index (κ1) is 10.8. The van der Waals surface area contributed by atoms with E-state index in [0.717, 1.165) is 16.6 Å². The molecule has 1 aromatic carbocycles. The Balaban J connectivity index is 2.43. The predicted octanol–water partition coefficient (Wildman–Crippen LogP) is 2.30. The van der Waals surface area contributed by atoms with Crippen molar-refractivity contribution in [1.82, 2.24) is 9.97 Å². The zero-order valence-electron chi connectivity index (χ0n) is 8.35. The second kappa shape index (κ2) is 4.45. The highest BCUT2D eigenvalue weighted by Crippen LogP contribution is 2.20. The molecule has 0 fully saturated rings. The summed E-state index contributed by atoms with van der Waals surface area (Å²) < 4.78 is 0. The molecule has 0 bridgehead atoms. The molecule has 0 radical (unpaired) electrons. The van der Waals surface area contributed by atoms with Gasteiger partial charge in [-0.05, 0) is 18.2 Å². The van der Waals surface area contributed by atoms with E-state index in [2.05, 4.69) is 9.97 Å². The molecule has 0 aliphatic heterocycles. The van der Waals surface area contributed by atoms with Crippen molar-refractivity contribution in [3.05, 3.63) is 35.2 Å². The maximum Gasteiger partial charge on any atom is 0.303 e. The average Bonchev–Trinajstić information content (AvgIpc) is 2.26. The van der Waals surface area contributed by atoms with Crippen molar-refractivity contribution in [2.45, 2.75) is 12.8 Å². The Labute approximate surface area is 96.9 Å². The zero-order valence-corrected chi connectivity index (χ0v) is 9.11. The van der Waals surface area contributed by atoms with Crippen LogP contribution in [0.15, 0.2) is 24.5 Å². The lowest BCUT2D eigenvalue weighted by atomic mass is 10.1. The summed E-state index contributed by atoms with van der Waals surface area (Å²) in [5.41, 5.74) is 1.50. The number of fused-ring (bicyclic) bond motifs is 1. The topological polar surface area (TPSA) is 63.1 Å². The number of aryl methyl sites for hydroxylation is 1. The number of nitrogens with zero attached hydrogens (tertiary/aromatic N) is 2. The smallest absolute Gasteiger partial charge is 0.303 e.